The highest BCUT2D eigenvalue weighted by Gasteiger charge is 2.23. The fourth-order valence-electron chi connectivity index (χ4n) is 3.26. The molecule has 0 amide bonds. The molecule has 1 atom stereocenters. The quantitative estimate of drug-likeness (QED) is 0.304. The molecule has 154 valence electrons. The van der Waals surface area contributed by atoms with E-state index in [0.717, 1.165) is 12.8 Å². The van der Waals surface area contributed by atoms with E-state index in [1.54, 1.807) is 30.2 Å². The Kier molecular flexibility index (Phi) is 12.3. The second-order valence-corrected chi connectivity index (χ2v) is 7.39. The fraction of sp³-hybridized carbons (Fsp3) is 0.727. The molecular formula is C22H37NO4. The largest absolute Gasteiger partial charge is 0.478 e. The van der Waals surface area contributed by atoms with Gasteiger partial charge < -0.3 is 14.7 Å². The molecule has 0 aliphatic carbocycles. The van der Waals surface area contributed by atoms with Gasteiger partial charge in [-0.1, -0.05) is 71.1 Å². The number of hydrogen-bond acceptors (Lipinski definition) is 4. The molecule has 1 unspecified atom stereocenters. The molecule has 0 spiro atoms. The minimum absolute atomic E-state index is 0.0964. The lowest BCUT2D eigenvalue weighted by Gasteiger charge is -2.29. The Balaban J connectivity index is 2.00. The SMILES string of the molecule is CCCCCCCCCCCCCC(=O)OCN1C=CC=C(C(=O)O)C1C. The van der Waals surface area contributed by atoms with Crippen LogP contribution in [0.15, 0.2) is 23.9 Å². The molecule has 1 N–H and O–H groups in total. The molecule has 0 aromatic heterocycles. The molecule has 5 nitrogen and oxygen atoms in total. The molecule has 27 heavy (non-hydrogen) atoms. The first-order chi connectivity index (χ1) is 13.1. The first kappa shape index (κ1) is 23.3. The zero-order valence-corrected chi connectivity index (χ0v) is 17.1. The molecule has 0 aromatic rings. The maximum absolute atomic E-state index is 11.9. The van der Waals surface area contributed by atoms with Gasteiger partial charge in [0.15, 0.2) is 6.73 Å². The summed E-state index contributed by atoms with van der Waals surface area (Å²) in [5.74, 6) is -1.15. The zero-order valence-electron chi connectivity index (χ0n) is 17.1. The van der Waals surface area contributed by atoms with Crippen LogP contribution in [0.3, 0.4) is 0 Å². The summed E-state index contributed by atoms with van der Waals surface area (Å²) in [4.78, 5) is 24.7. The second-order valence-electron chi connectivity index (χ2n) is 7.39. The number of esters is 1. The lowest BCUT2D eigenvalue weighted by molar-refractivity contribution is -0.148. The number of carboxylic acids is 1. The number of carbonyl (C=O) groups excluding carboxylic acids is 1. The molecule has 1 heterocycles. The van der Waals surface area contributed by atoms with Crippen LogP contribution in [0.2, 0.25) is 0 Å². The molecule has 0 saturated carbocycles. The van der Waals surface area contributed by atoms with E-state index in [2.05, 4.69) is 6.92 Å². The van der Waals surface area contributed by atoms with Gasteiger partial charge in [-0.15, -0.1) is 0 Å². The summed E-state index contributed by atoms with van der Waals surface area (Å²) < 4.78 is 5.29. The van der Waals surface area contributed by atoms with Crippen LogP contribution in [0.1, 0.15) is 90.9 Å². The van der Waals surface area contributed by atoms with Crippen molar-refractivity contribution in [1.29, 1.82) is 0 Å². The summed E-state index contributed by atoms with van der Waals surface area (Å²) in [6, 6.07) is -0.303. The van der Waals surface area contributed by atoms with Gasteiger partial charge in [0.2, 0.25) is 0 Å². The van der Waals surface area contributed by atoms with Crippen LogP contribution in [-0.4, -0.2) is 34.7 Å². The predicted molar refractivity (Wildman–Crippen MR) is 108 cm³/mol. The first-order valence-electron chi connectivity index (χ1n) is 10.6. The normalized spacial score (nSPS) is 16.3. The third-order valence-corrected chi connectivity index (χ3v) is 5.11. The van der Waals surface area contributed by atoms with Crippen LogP contribution >= 0.6 is 0 Å². The van der Waals surface area contributed by atoms with Gasteiger partial charge in [-0.25, -0.2) is 4.79 Å². The van der Waals surface area contributed by atoms with Crippen molar-refractivity contribution in [3.63, 3.8) is 0 Å². The predicted octanol–water partition coefficient (Wildman–Crippen LogP) is 5.42. The minimum Gasteiger partial charge on any atom is -0.478 e. The topological polar surface area (TPSA) is 66.8 Å². The van der Waals surface area contributed by atoms with Gasteiger partial charge in [0.25, 0.3) is 0 Å². The molecular weight excluding hydrogens is 342 g/mol. The molecule has 0 fully saturated rings. The van der Waals surface area contributed by atoms with Crippen LogP contribution in [0.4, 0.5) is 0 Å². The third kappa shape index (κ3) is 10.2. The average molecular weight is 380 g/mol. The number of allylic oxidation sites excluding steroid dienone is 2. The van der Waals surface area contributed by atoms with E-state index in [4.69, 9.17) is 9.84 Å². The van der Waals surface area contributed by atoms with Crippen molar-refractivity contribution in [3.05, 3.63) is 23.9 Å². The van der Waals surface area contributed by atoms with Gasteiger partial charge >= 0.3 is 11.9 Å². The molecule has 5 heteroatoms. The number of unbranched alkanes of at least 4 members (excludes halogenated alkanes) is 10. The number of aliphatic carboxylic acids is 1. The third-order valence-electron chi connectivity index (χ3n) is 5.11. The van der Waals surface area contributed by atoms with E-state index in [1.807, 2.05) is 0 Å². The Bertz CT molecular complexity index is 499. The Morgan fingerprint density at radius 1 is 1.00 bits per heavy atom. The Morgan fingerprint density at radius 2 is 1.56 bits per heavy atom. The van der Waals surface area contributed by atoms with Gasteiger partial charge in [0.1, 0.15) is 0 Å². The summed E-state index contributed by atoms with van der Waals surface area (Å²) >= 11 is 0. The van der Waals surface area contributed by atoms with E-state index >= 15 is 0 Å². The number of rotatable bonds is 15. The average Bonchev–Trinajstić information content (AvgIpc) is 2.65. The van der Waals surface area contributed by atoms with Gasteiger partial charge in [-0.3, -0.25) is 4.79 Å². The maximum atomic E-state index is 11.9. The van der Waals surface area contributed by atoms with Crippen molar-refractivity contribution >= 4 is 11.9 Å². The number of carboxylic acid groups (broad SMARTS) is 1. The van der Waals surface area contributed by atoms with Gasteiger partial charge in [0, 0.05) is 12.6 Å². The molecule has 1 rings (SSSR count). The van der Waals surface area contributed by atoms with Crippen LogP contribution < -0.4 is 0 Å². The van der Waals surface area contributed by atoms with Gasteiger partial charge in [-0.2, -0.15) is 0 Å². The van der Waals surface area contributed by atoms with Gasteiger partial charge in [-0.05, 0) is 25.5 Å². The Hall–Kier alpha value is -1.78. The summed E-state index contributed by atoms with van der Waals surface area (Å²) in [6.45, 7) is 4.13. The van der Waals surface area contributed by atoms with E-state index in [1.165, 1.54) is 57.8 Å². The molecule has 1 aliphatic rings. The fourth-order valence-corrected chi connectivity index (χ4v) is 3.26. The molecule has 0 bridgehead atoms. The van der Waals surface area contributed by atoms with E-state index in [-0.39, 0.29) is 18.7 Å². The maximum Gasteiger partial charge on any atom is 0.333 e. The van der Waals surface area contributed by atoms with Crippen molar-refractivity contribution in [1.82, 2.24) is 4.90 Å². The van der Waals surface area contributed by atoms with Crippen LogP contribution in [0.5, 0.6) is 0 Å². The number of ether oxygens (including phenoxy) is 1. The van der Waals surface area contributed by atoms with Gasteiger partial charge in [0.05, 0.1) is 11.6 Å². The molecule has 0 aromatic carbocycles. The lowest BCUT2D eigenvalue weighted by atomic mass is 10.1. The summed E-state index contributed by atoms with van der Waals surface area (Å²) in [7, 11) is 0. The number of nitrogens with zero attached hydrogens (tertiary/aromatic N) is 1. The molecule has 0 radical (unpaired) electrons. The molecule has 0 saturated heterocycles. The standard InChI is InChI=1S/C22H37NO4/c1-3-4-5-6-7-8-9-10-11-12-13-16-21(24)27-18-23-17-14-15-20(19(23)2)22(25)26/h14-15,17,19H,3-13,16,18H2,1-2H3,(H,25,26). The van der Waals surface area contributed by atoms with E-state index < -0.39 is 5.97 Å². The first-order valence-corrected chi connectivity index (χ1v) is 10.6. The van der Waals surface area contributed by atoms with Crippen molar-refractivity contribution in [3.8, 4) is 0 Å². The second kappa shape index (κ2) is 14.3. The smallest absolute Gasteiger partial charge is 0.333 e. The van der Waals surface area contributed by atoms with E-state index in [9.17, 15) is 9.59 Å². The Labute approximate surface area is 164 Å². The van der Waals surface area contributed by atoms with Crippen molar-refractivity contribution in [2.45, 2.75) is 96.9 Å². The summed E-state index contributed by atoms with van der Waals surface area (Å²) in [5.41, 5.74) is 0.305. The van der Waals surface area contributed by atoms with Crippen LogP contribution in [0, 0.1) is 0 Å². The summed E-state index contributed by atoms with van der Waals surface area (Å²) in [5, 5.41) is 9.14. The lowest BCUT2D eigenvalue weighted by Crippen LogP contribution is -2.36. The zero-order chi connectivity index (χ0) is 19.9. The molecule has 1 aliphatic heterocycles. The minimum atomic E-state index is -0.941. The van der Waals surface area contributed by atoms with Crippen molar-refractivity contribution in [2.75, 3.05) is 6.73 Å². The van der Waals surface area contributed by atoms with Crippen molar-refractivity contribution in [2.24, 2.45) is 0 Å². The monoisotopic (exact) mass is 379 g/mol. The highest BCUT2D eigenvalue weighted by Crippen LogP contribution is 2.17. The van der Waals surface area contributed by atoms with E-state index in [0.29, 0.717) is 12.0 Å². The number of carbonyl (C=O) groups is 2. The highest BCUT2D eigenvalue weighted by molar-refractivity contribution is 5.88. The summed E-state index contributed by atoms with van der Waals surface area (Å²) in [6.07, 6.45) is 19.2. The van der Waals surface area contributed by atoms with Crippen molar-refractivity contribution < 1.29 is 19.4 Å². The highest BCUT2D eigenvalue weighted by atomic mass is 16.5. The Morgan fingerprint density at radius 3 is 2.11 bits per heavy atom. The number of hydrogen-bond donors (Lipinski definition) is 1. The van der Waals surface area contributed by atoms with Crippen LogP contribution in [-0.2, 0) is 14.3 Å². The van der Waals surface area contributed by atoms with Crippen LogP contribution in [0.25, 0.3) is 0 Å².